The predicted molar refractivity (Wildman–Crippen MR) is 133 cm³/mol. The van der Waals surface area contributed by atoms with E-state index in [0.29, 0.717) is 5.82 Å². The Morgan fingerprint density at radius 3 is 2.71 bits per heavy atom. The standard InChI is InChI=1S/C25H27N9/c1-2-26-10-16-8-17(12-27-11-16)18-9-19-22(32-33-24(19)29-13-18)25-30-20-14-28-15-21(23(20)31-25)34-6-4-3-5-7-34/h8-9,11-15,26H,2-7,10H2,1H3,(H,30,31)(H,29,32,33). The van der Waals surface area contributed by atoms with Crippen LogP contribution < -0.4 is 10.2 Å². The molecule has 6 heterocycles. The van der Waals surface area contributed by atoms with E-state index in [2.05, 4.69) is 59.4 Å². The molecule has 9 heteroatoms. The van der Waals surface area contributed by atoms with Crippen molar-refractivity contribution in [1.82, 2.24) is 40.4 Å². The molecule has 0 aliphatic carbocycles. The Morgan fingerprint density at radius 1 is 0.971 bits per heavy atom. The van der Waals surface area contributed by atoms with E-state index in [1.165, 1.54) is 19.3 Å². The zero-order valence-corrected chi connectivity index (χ0v) is 19.2. The van der Waals surface area contributed by atoms with Crippen LogP contribution in [0.25, 0.3) is 44.7 Å². The molecule has 0 bridgehead atoms. The van der Waals surface area contributed by atoms with Gasteiger partial charge in [0.2, 0.25) is 0 Å². The summed E-state index contributed by atoms with van der Waals surface area (Å²) in [5.74, 6) is 0.713. The van der Waals surface area contributed by atoms with Gasteiger partial charge >= 0.3 is 0 Å². The van der Waals surface area contributed by atoms with E-state index in [1.807, 2.05) is 31.0 Å². The number of hydrogen-bond acceptors (Lipinski definition) is 7. The van der Waals surface area contributed by atoms with Crippen LogP contribution in [0.1, 0.15) is 31.7 Å². The van der Waals surface area contributed by atoms with Gasteiger partial charge in [-0.05, 0) is 43.5 Å². The molecule has 9 nitrogen and oxygen atoms in total. The number of nitrogens with zero attached hydrogens (tertiary/aromatic N) is 6. The van der Waals surface area contributed by atoms with Gasteiger partial charge in [0, 0.05) is 49.4 Å². The zero-order valence-electron chi connectivity index (χ0n) is 19.2. The molecule has 172 valence electrons. The minimum atomic E-state index is 0.713. The van der Waals surface area contributed by atoms with E-state index in [-0.39, 0.29) is 0 Å². The van der Waals surface area contributed by atoms with E-state index in [4.69, 9.17) is 4.98 Å². The second-order valence-electron chi connectivity index (χ2n) is 8.74. The fraction of sp³-hybridized carbons (Fsp3) is 0.320. The van der Waals surface area contributed by atoms with Crippen molar-refractivity contribution in [3.05, 3.63) is 48.7 Å². The monoisotopic (exact) mass is 453 g/mol. The molecule has 3 N–H and O–H groups in total. The maximum Gasteiger partial charge on any atom is 0.159 e. The van der Waals surface area contributed by atoms with Gasteiger partial charge in [-0.15, -0.1) is 0 Å². The highest BCUT2D eigenvalue weighted by molar-refractivity contribution is 5.95. The number of rotatable bonds is 6. The Morgan fingerprint density at radius 2 is 1.82 bits per heavy atom. The Bertz CT molecular complexity index is 1450. The summed E-state index contributed by atoms with van der Waals surface area (Å²) in [6.07, 6.45) is 13.1. The summed E-state index contributed by atoms with van der Waals surface area (Å²) in [4.78, 5) is 24.3. The Labute approximate surface area is 197 Å². The van der Waals surface area contributed by atoms with E-state index in [1.54, 1.807) is 0 Å². The lowest BCUT2D eigenvalue weighted by atomic mass is 10.1. The molecule has 34 heavy (non-hydrogen) atoms. The zero-order chi connectivity index (χ0) is 22.9. The summed E-state index contributed by atoms with van der Waals surface area (Å²) in [6, 6.07) is 4.25. The third-order valence-corrected chi connectivity index (χ3v) is 6.42. The van der Waals surface area contributed by atoms with Gasteiger partial charge in [-0.3, -0.25) is 15.1 Å². The molecule has 5 aromatic rings. The van der Waals surface area contributed by atoms with Crippen molar-refractivity contribution in [2.45, 2.75) is 32.7 Å². The highest BCUT2D eigenvalue weighted by Crippen LogP contribution is 2.32. The number of aromatic nitrogens is 7. The molecule has 0 spiro atoms. The summed E-state index contributed by atoms with van der Waals surface area (Å²) in [7, 11) is 0. The van der Waals surface area contributed by atoms with Gasteiger partial charge in [0.05, 0.1) is 29.0 Å². The van der Waals surface area contributed by atoms with E-state index in [9.17, 15) is 0 Å². The van der Waals surface area contributed by atoms with Crippen molar-refractivity contribution >= 4 is 27.8 Å². The van der Waals surface area contributed by atoms with Crippen molar-refractivity contribution in [3.63, 3.8) is 0 Å². The summed E-state index contributed by atoms with van der Waals surface area (Å²) in [5, 5.41) is 11.9. The molecule has 0 radical (unpaired) electrons. The minimum absolute atomic E-state index is 0.713. The molecule has 5 aromatic heterocycles. The van der Waals surface area contributed by atoms with Crippen LogP contribution in [-0.2, 0) is 6.54 Å². The van der Waals surface area contributed by atoms with Gasteiger partial charge < -0.3 is 15.2 Å². The normalized spacial score (nSPS) is 14.3. The van der Waals surface area contributed by atoms with Crippen LogP contribution in [-0.4, -0.2) is 54.8 Å². The second kappa shape index (κ2) is 8.83. The highest BCUT2D eigenvalue weighted by Gasteiger charge is 2.19. The molecular formula is C25H27N9. The molecule has 0 atom stereocenters. The Kier molecular flexibility index (Phi) is 5.38. The molecule has 0 saturated carbocycles. The quantitative estimate of drug-likeness (QED) is 0.355. The topological polar surface area (TPSA) is 111 Å². The largest absolute Gasteiger partial charge is 0.368 e. The third kappa shape index (κ3) is 3.77. The lowest BCUT2D eigenvalue weighted by Crippen LogP contribution is -2.29. The van der Waals surface area contributed by atoms with Crippen molar-refractivity contribution in [1.29, 1.82) is 0 Å². The lowest BCUT2D eigenvalue weighted by molar-refractivity contribution is 0.578. The van der Waals surface area contributed by atoms with Crippen LogP contribution >= 0.6 is 0 Å². The predicted octanol–water partition coefficient (Wildman–Crippen LogP) is 4.06. The smallest absolute Gasteiger partial charge is 0.159 e. The Balaban J connectivity index is 1.40. The number of nitrogens with one attached hydrogen (secondary N) is 3. The summed E-state index contributed by atoms with van der Waals surface area (Å²) >= 11 is 0. The maximum atomic E-state index is 4.96. The van der Waals surface area contributed by atoms with Crippen molar-refractivity contribution in [3.8, 4) is 22.6 Å². The molecule has 0 aromatic carbocycles. The molecule has 1 fully saturated rings. The number of imidazole rings is 1. The number of anilines is 1. The fourth-order valence-electron chi connectivity index (χ4n) is 4.65. The van der Waals surface area contributed by atoms with Crippen molar-refractivity contribution < 1.29 is 0 Å². The molecule has 1 aliphatic rings. The fourth-order valence-corrected chi connectivity index (χ4v) is 4.65. The lowest BCUT2D eigenvalue weighted by Gasteiger charge is -2.28. The van der Waals surface area contributed by atoms with E-state index < -0.39 is 0 Å². The summed E-state index contributed by atoms with van der Waals surface area (Å²) in [6.45, 7) is 5.89. The Hall–Kier alpha value is -3.85. The van der Waals surface area contributed by atoms with Crippen molar-refractivity contribution in [2.75, 3.05) is 24.5 Å². The van der Waals surface area contributed by atoms with Gasteiger partial charge in [-0.1, -0.05) is 6.92 Å². The first kappa shape index (κ1) is 20.7. The molecule has 6 rings (SSSR count). The van der Waals surface area contributed by atoms with Crippen LogP contribution in [0.2, 0.25) is 0 Å². The second-order valence-corrected chi connectivity index (χ2v) is 8.74. The highest BCUT2D eigenvalue weighted by atomic mass is 15.2. The van der Waals surface area contributed by atoms with E-state index in [0.717, 1.165) is 76.3 Å². The number of piperidine rings is 1. The first-order valence-corrected chi connectivity index (χ1v) is 11.9. The first-order valence-electron chi connectivity index (χ1n) is 11.9. The number of fused-ring (bicyclic) bond motifs is 2. The van der Waals surface area contributed by atoms with Gasteiger partial charge in [-0.25, -0.2) is 9.97 Å². The first-order chi connectivity index (χ1) is 16.8. The van der Waals surface area contributed by atoms with Crippen LogP contribution in [0.15, 0.2) is 43.1 Å². The van der Waals surface area contributed by atoms with Gasteiger partial charge in [0.1, 0.15) is 11.2 Å². The number of H-pyrrole nitrogens is 2. The van der Waals surface area contributed by atoms with Gasteiger partial charge in [-0.2, -0.15) is 5.10 Å². The number of aromatic amines is 2. The molecule has 0 unspecified atom stereocenters. The van der Waals surface area contributed by atoms with Gasteiger partial charge in [0.25, 0.3) is 0 Å². The summed E-state index contributed by atoms with van der Waals surface area (Å²) < 4.78 is 0. The average molecular weight is 454 g/mol. The van der Waals surface area contributed by atoms with Gasteiger partial charge in [0.15, 0.2) is 11.5 Å². The SMILES string of the molecule is CCNCc1cncc(-c2cnc3[nH]nc(-c4nc5c(N6CCCCC6)cncc5[nH]4)c3c2)c1. The number of hydrogen-bond donors (Lipinski definition) is 3. The maximum absolute atomic E-state index is 4.96. The summed E-state index contributed by atoms with van der Waals surface area (Å²) in [5.41, 5.74) is 7.58. The number of pyridine rings is 3. The molecular weight excluding hydrogens is 426 g/mol. The third-order valence-electron chi connectivity index (χ3n) is 6.42. The average Bonchev–Trinajstić information content (AvgIpc) is 3.51. The van der Waals surface area contributed by atoms with E-state index >= 15 is 0 Å². The van der Waals surface area contributed by atoms with Crippen molar-refractivity contribution in [2.24, 2.45) is 0 Å². The van der Waals surface area contributed by atoms with Crippen LogP contribution in [0.5, 0.6) is 0 Å². The van der Waals surface area contributed by atoms with Crippen LogP contribution in [0.4, 0.5) is 5.69 Å². The molecule has 1 saturated heterocycles. The minimum Gasteiger partial charge on any atom is -0.368 e. The van der Waals surface area contributed by atoms with Crippen LogP contribution in [0.3, 0.4) is 0 Å². The van der Waals surface area contributed by atoms with Crippen LogP contribution in [0, 0.1) is 0 Å². The molecule has 1 aliphatic heterocycles. The molecule has 0 amide bonds.